The van der Waals surface area contributed by atoms with Crippen LogP contribution in [0.3, 0.4) is 0 Å². The predicted octanol–water partition coefficient (Wildman–Crippen LogP) is 7.06. The number of nitrogens with zero attached hydrogens (tertiary/aromatic N) is 2. The van der Waals surface area contributed by atoms with Crippen molar-refractivity contribution >= 4 is 50.7 Å². The van der Waals surface area contributed by atoms with E-state index in [4.69, 9.17) is 27.9 Å². The van der Waals surface area contributed by atoms with Crippen LogP contribution in [0.1, 0.15) is 36.5 Å². The van der Waals surface area contributed by atoms with Crippen molar-refractivity contribution in [3.63, 3.8) is 0 Å². The fourth-order valence-electron chi connectivity index (χ4n) is 5.01. The van der Waals surface area contributed by atoms with E-state index in [1.807, 2.05) is 44.2 Å². The fraction of sp³-hybridized carbons (Fsp3) is 0.278. The second kappa shape index (κ2) is 16.7. The van der Waals surface area contributed by atoms with Crippen LogP contribution in [-0.2, 0) is 32.6 Å². The second-order valence-electron chi connectivity index (χ2n) is 11.1. The number of hydrogen-bond donors (Lipinski definition) is 1. The zero-order valence-electron chi connectivity index (χ0n) is 26.7. The molecule has 4 rings (SSSR count). The van der Waals surface area contributed by atoms with Crippen molar-refractivity contribution in [1.29, 1.82) is 0 Å². The number of aryl methyl sites for hydroxylation is 1. The number of methoxy groups -OCH3 is 1. The van der Waals surface area contributed by atoms with Gasteiger partial charge in [0.25, 0.3) is 10.0 Å². The number of ether oxygens (including phenoxy) is 1. The van der Waals surface area contributed by atoms with Crippen molar-refractivity contribution < 1.29 is 22.7 Å². The van der Waals surface area contributed by atoms with Crippen molar-refractivity contribution in [3.05, 3.63) is 124 Å². The topological polar surface area (TPSA) is 96.0 Å². The number of carbonyl (C=O) groups is 2. The molecule has 4 aromatic rings. The third-order valence-electron chi connectivity index (χ3n) is 7.69. The van der Waals surface area contributed by atoms with Gasteiger partial charge in [-0.3, -0.25) is 13.9 Å². The number of carbonyl (C=O) groups excluding carboxylic acids is 2. The molecule has 0 spiro atoms. The van der Waals surface area contributed by atoms with E-state index in [0.29, 0.717) is 33.6 Å². The SMILES string of the molecule is CCCCNC(=O)[C@@H](Cc1ccccc1)N(Cc1ccc(Cl)c(Cl)c1)C(=O)CN(c1ccc(C)cc1)S(=O)(=O)c1ccc(OC)cc1. The summed E-state index contributed by atoms with van der Waals surface area (Å²) in [6, 6.07) is 26.3. The van der Waals surface area contributed by atoms with Crippen LogP contribution in [0.15, 0.2) is 102 Å². The molecule has 0 unspecified atom stereocenters. The highest BCUT2D eigenvalue weighted by atomic mass is 35.5. The van der Waals surface area contributed by atoms with Gasteiger partial charge in [0, 0.05) is 19.5 Å². The van der Waals surface area contributed by atoms with Crippen LogP contribution in [0.25, 0.3) is 0 Å². The average Bonchev–Trinajstić information content (AvgIpc) is 3.07. The third-order valence-corrected chi connectivity index (χ3v) is 10.2. The highest BCUT2D eigenvalue weighted by molar-refractivity contribution is 7.92. The first-order chi connectivity index (χ1) is 22.5. The lowest BCUT2D eigenvalue weighted by atomic mass is 10.0. The maximum Gasteiger partial charge on any atom is 0.264 e. The lowest BCUT2D eigenvalue weighted by molar-refractivity contribution is -0.140. The van der Waals surface area contributed by atoms with E-state index >= 15 is 0 Å². The maximum absolute atomic E-state index is 14.6. The molecule has 11 heteroatoms. The van der Waals surface area contributed by atoms with Crippen molar-refractivity contribution in [2.75, 3.05) is 24.5 Å². The number of anilines is 1. The first-order valence-electron chi connectivity index (χ1n) is 15.3. The number of amides is 2. The number of sulfonamides is 1. The minimum absolute atomic E-state index is 0.0131. The van der Waals surface area contributed by atoms with Crippen LogP contribution in [0.4, 0.5) is 5.69 Å². The molecule has 248 valence electrons. The molecule has 0 saturated heterocycles. The molecule has 0 bridgehead atoms. The lowest BCUT2D eigenvalue weighted by Gasteiger charge is -2.34. The van der Waals surface area contributed by atoms with Crippen molar-refractivity contribution in [2.24, 2.45) is 0 Å². The molecule has 0 aliphatic carbocycles. The van der Waals surface area contributed by atoms with E-state index in [-0.39, 0.29) is 23.8 Å². The Morgan fingerprint density at radius 2 is 1.55 bits per heavy atom. The number of halogens is 2. The molecule has 47 heavy (non-hydrogen) atoms. The minimum Gasteiger partial charge on any atom is -0.497 e. The van der Waals surface area contributed by atoms with Gasteiger partial charge in [0.05, 0.1) is 27.7 Å². The molecule has 1 N–H and O–H groups in total. The Kier molecular flexibility index (Phi) is 12.7. The Morgan fingerprint density at radius 3 is 2.17 bits per heavy atom. The molecular weight excluding hydrogens is 657 g/mol. The number of benzene rings is 4. The number of hydrogen-bond acceptors (Lipinski definition) is 5. The molecule has 0 fully saturated rings. The van der Waals surface area contributed by atoms with Gasteiger partial charge in [0.15, 0.2) is 0 Å². The van der Waals surface area contributed by atoms with Crippen LogP contribution in [0, 0.1) is 6.92 Å². The molecule has 0 saturated carbocycles. The standard InChI is InChI=1S/C36H39Cl2N3O5S/c1-4-5-21-39-36(43)34(23-27-9-7-6-8-10-27)40(24-28-13-20-32(37)33(38)22-28)35(42)25-41(29-14-11-26(2)12-15-29)47(44,45)31-18-16-30(46-3)17-19-31/h6-20,22,34H,4-5,21,23-25H2,1-3H3,(H,39,43)/t34-/m1/s1. The van der Waals surface area contributed by atoms with Crippen LogP contribution < -0.4 is 14.4 Å². The predicted molar refractivity (Wildman–Crippen MR) is 188 cm³/mol. The van der Waals surface area contributed by atoms with Crippen LogP contribution in [0.2, 0.25) is 10.0 Å². The van der Waals surface area contributed by atoms with E-state index in [1.165, 1.54) is 24.1 Å². The van der Waals surface area contributed by atoms with Crippen LogP contribution in [-0.4, -0.2) is 51.4 Å². The summed E-state index contributed by atoms with van der Waals surface area (Å²) in [6.45, 7) is 3.78. The van der Waals surface area contributed by atoms with Gasteiger partial charge in [-0.15, -0.1) is 0 Å². The molecule has 8 nitrogen and oxygen atoms in total. The summed E-state index contributed by atoms with van der Waals surface area (Å²) in [4.78, 5) is 29.8. The first kappa shape index (κ1) is 35.8. The van der Waals surface area contributed by atoms with Gasteiger partial charge in [-0.2, -0.15) is 0 Å². The lowest BCUT2D eigenvalue weighted by Crippen LogP contribution is -2.53. The summed E-state index contributed by atoms with van der Waals surface area (Å²) in [5.74, 6) is -0.413. The van der Waals surface area contributed by atoms with Crippen molar-refractivity contribution in [1.82, 2.24) is 10.2 Å². The summed E-state index contributed by atoms with van der Waals surface area (Å²) in [5, 5.41) is 3.63. The minimum atomic E-state index is -4.24. The van der Waals surface area contributed by atoms with Gasteiger partial charge in [-0.1, -0.05) is 90.6 Å². The van der Waals surface area contributed by atoms with Crippen LogP contribution in [0.5, 0.6) is 5.75 Å². The molecule has 4 aromatic carbocycles. The summed E-state index contributed by atoms with van der Waals surface area (Å²) in [6.07, 6.45) is 1.86. The molecule has 0 aliphatic heterocycles. The summed E-state index contributed by atoms with van der Waals surface area (Å²) >= 11 is 12.5. The third kappa shape index (κ3) is 9.50. The Bertz CT molecular complexity index is 1750. The fourth-order valence-corrected chi connectivity index (χ4v) is 6.74. The molecular formula is C36H39Cl2N3O5S. The van der Waals surface area contributed by atoms with Gasteiger partial charge in [0.1, 0.15) is 18.3 Å². The Morgan fingerprint density at radius 1 is 0.872 bits per heavy atom. The van der Waals surface area contributed by atoms with E-state index in [9.17, 15) is 18.0 Å². The second-order valence-corrected chi connectivity index (χ2v) is 13.8. The number of unbranched alkanes of at least 4 members (excludes halogenated alkanes) is 1. The first-order valence-corrected chi connectivity index (χ1v) is 17.5. The summed E-state index contributed by atoms with van der Waals surface area (Å²) < 4.78 is 34.7. The molecule has 2 amide bonds. The van der Waals surface area contributed by atoms with E-state index < -0.39 is 28.5 Å². The smallest absolute Gasteiger partial charge is 0.264 e. The monoisotopic (exact) mass is 695 g/mol. The Balaban J connectivity index is 1.80. The molecule has 0 radical (unpaired) electrons. The molecule has 0 heterocycles. The van der Waals surface area contributed by atoms with Gasteiger partial charge >= 0.3 is 0 Å². The van der Waals surface area contributed by atoms with Crippen molar-refractivity contribution in [2.45, 2.75) is 50.6 Å². The highest BCUT2D eigenvalue weighted by Gasteiger charge is 2.34. The average molecular weight is 697 g/mol. The molecule has 0 aliphatic rings. The zero-order valence-corrected chi connectivity index (χ0v) is 29.0. The molecule has 0 aromatic heterocycles. The summed E-state index contributed by atoms with van der Waals surface area (Å²) in [5.41, 5.74) is 2.71. The number of rotatable bonds is 15. The van der Waals surface area contributed by atoms with Gasteiger partial charge < -0.3 is 15.0 Å². The Labute approximate surface area is 287 Å². The van der Waals surface area contributed by atoms with Gasteiger partial charge in [-0.05, 0) is 73.0 Å². The van der Waals surface area contributed by atoms with Gasteiger partial charge in [-0.25, -0.2) is 8.42 Å². The highest BCUT2D eigenvalue weighted by Crippen LogP contribution is 2.28. The van der Waals surface area contributed by atoms with E-state index in [0.717, 1.165) is 28.3 Å². The van der Waals surface area contributed by atoms with Crippen LogP contribution >= 0.6 is 23.2 Å². The number of nitrogens with one attached hydrogen (secondary N) is 1. The van der Waals surface area contributed by atoms with Gasteiger partial charge in [0.2, 0.25) is 11.8 Å². The maximum atomic E-state index is 14.6. The normalized spacial score (nSPS) is 11.9. The summed E-state index contributed by atoms with van der Waals surface area (Å²) in [7, 11) is -2.74. The Hall–Kier alpha value is -4.05. The quantitative estimate of drug-likeness (QED) is 0.134. The van der Waals surface area contributed by atoms with E-state index in [1.54, 1.807) is 54.6 Å². The van der Waals surface area contributed by atoms with Crippen molar-refractivity contribution in [3.8, 4) is 5.75 Å². The van der Waals surface area contributed by atoms with E-state index in [2.05, 4.69) is 5.32 Å². The largest absolute Gasteiger partial charge is 0.497 e. The zero-order chi connectivity index (χ0) is 34.0. The molecule has 1 atom stereocenters.